The molecule has 1 saturated heterocycles. The molecule has 2 fully saturated rings. The highest BCUT2D eigenvalue weighted by Gasteiger charge is 2.32. The maximum absolute atomic E-state index is 12.3. The molecular formula is C14H25N3O3. The number of carboxylic acid groups (broad SMARTS) is 1. The first-order valence-electron chi connectivity index (χ1n) is 7.61. The Kier molecular flexibility index (Phi) is 5.23. The smallest absolute Gasteiger partial charge is 0.317 e. The highest BCUT2D eigenvalue weighted by molar-refractivity contribution is 5.77. The summed E-state index contributed by atoms with van der Waals surface area (Å²) in [7, 11) is 0. The van der Waals surface area contributed by atoms with Crippen LogP contribution < -0.4 is 11.1 Å². The lowest BCUT2D eigenvalue weighted by Gasteiger charge is -2.33. The second-order valence-corrected chi connectivity index (χ2v) is 5.99. The van der Waals surface area contributed by atoms with Crippen LogP contribution >= 0.6 is 0 Å². The first-order valence-corrected chi connectivity index (χ1v) is 7.61. The van der Waals surface area contributed by atoms with E-state index in [2.05, 4.69) is 5.32 Å². The number of likely N-dealkylation sites (tertiary alicyclic amines) is 1. The Morgan fingerprint density at radius 2 is 1.85 bits per heavy atom. The van der Waals surface area contributed by atoms with Crippen LogP contribution in [0.4, 0.5) is 4.79 Å². The van der Waals surface area contributed by atoms with Crippen molar-refractivity contribution < 1.29 is 14.7 Å². The molecule has 114 valence electrons. The van der Waals surface area contributed by atoms with Crippen LogP contribution in [0.5, 0.6) is 0 Å². The highest BCUT2D eigenvalue weighted by Crippen LogP contribution is 2.24. The van der Waals surface area contributed by atoms with E-state index in [4.69, 9.17) is 5.73 Å². The molecule has 0 aromatic heterocycles. The number of nitrogens with one attached hydrogen (secondary N) is 1. The normalized spacial score (nSPS) is 31.4. The Hall–Kier alpha value is -1.30. The minimum atomic E-state index is -0.799. The monoisotopic (exact) mass is 283 g/mol. The molecule has 6 heteroatoms. The molecular weight excluding hydrogens is 258 g/mol. The summed E-state index contributed by atoms with van der Waals surface area (Å²) >= 11 is 0. The Bertz CT molecular complexity index is 362. The molecule has 2 rings (SSSR count). The molecule has 0 spiro atoms. The first kappa shape index (κ1) is 15.1. The van der Waals surface area contributed by atoms with Gasteiger partial charge in [0.15, 0.2) is 0 Å². The highest BCUT2D eigenvalue weighted by atomic mass is 16.4. The van der Waals surface area contributed by atoms with E-state index in [0.29, 0.717) is 19.5 Å². The zero-order valence-electron chi connectivity index (χ0n) is 11.9. The summed E-state index contributed by atoms with van der Waals surface area (Å²) < 4.78 is 0. The number of rotatable bonds is 2. The van der Waals surface area contributed by atoms with Crippen molar-refractivity contribution in [3.05, 3.63) is 0 Å². The van der Waals surface area contributed by atoms with Gasteiger partial charge in [0.2, 0.25) is 0 Å². The summed E-state index contributed by atoms with van der Waals surface area (Å²) in [5.41, 5.74) is 5.88. The number of hydrogen-bond donors (Lipinski definition) is 3. The van der Waals surface area contributed by atoms with Gasteiger partial charge in [-0.3, -0.25) is 4.79 Å². The Morgan fingerprint density at radius 3 is 2.55 bits per heavy atom. The van der Waals surface area contributed by atoms with Crippen LogP contribution in [0.3, 0.4) is 0 Å². The van der Waals surface area contributed by atoms with Gasteiger partial charge in [0.05, 0.1) is 5.92 Å². The number of amides is 2. The number of nitrogens with zero attached hydrogens (tertiary/aromatic N) is 1. The van der Waals surface area contributed by atoms with Gasteiger partial charge in [-0.25, -0.2) is 4.79 Å². The summed E-state index contributed by atoms with van der Waals surface area (Å²) in [5, 5.41) is 12.2. The molecule has 4 N–H and O–H groups in total. The van der Waals surface area contributed by atoms with Crippen molar-refractivity contribution in [2.45, 2.75) is 57.0 Å². The van der Waals surface area contributed by atoms with Crippen LogP contribution in [0.2, 0.25) is 0 Å². The lowest BCUT2D eigenvalue weighted by molar-refractivity contribution is -0.142. The summed E-state index contributed by atoms with van der Waals surface area (Å²) in [6.45, 7) is 1.28. The average Bonchev–Trinajstić information content (AvgIpc) is 2.64. The Morgan fingerprint density at radius 1 is 1.10 bits per heavy atom. The number of carbonyl (C=O) groups is 2. The molecule has 2 aliphatic rings. The number of hydrogen-bond acceptors (Lipinski definition) is 3. The number of aliphatic carboxylic acids is 1. The van der Waals surface area contributed by atoms with E-state index in [1.54, 1.807) is 4.90 Å². The Balaban J connectivity index is 1.94. The molecule has 0 aromatic carbocycles. The van der Waals surface area contributed by atoms with Crippen molar-refractivity contribution in [1.82, 2.24) is 10.2 Å². The number of urea groups is 1. The third-order valence-corrected chi connectivity index (χ3v) is 4.39. The first-order chi connectivity index (χ1) is 9.58. The molecule has 20 heavy (non-hydrogen) atoms. The molecule has 0 aromatic rings. The summed E-state index contributed by atoms with van der Waals surface area (Å²) in [6.07, 6.45) is 6.23. The number of carbonyl (C=O) groups excluding carboxylic acids is 1. The van der Waals surface area contributed by atoms with Gasteiger partial charge in [-0.1, -0.05) is 19.3 Å². The van der Waals surface area contributed by atoms with Crippen molar-refractivity contribution >= 4 is 12.0 Å². The third-order valence-electron chi connectivity index (χ3n) is 4.39. The quantitative estimate of drug-likeness (QED) is 0.662. The fourth-order valence-electron chi connectivity index (χ4n) is 3.22. The van der Waals surface area contributed by atoms with E-state index in [9.17, 15) is 14.7 Å². The van der Waals surface area contributed by atoms with Crippen LogP contribution in [0.25, 0.3) is 0 Å². The molecule has 0 bridgehead atoms. The lowest BCUT2D eigenvalue weighted by Crippen LogP contribution is -2.53. The van der Waals surface area contributed by atoms with E-state index >= 15 is 0 Å². The van der Waals surface area contributed by atoms with Gasteiger partial charge in [0.1, 0.15) is 0 Å². The van der Waals surface area contributed by atoms with Crippen molar-refractivity contribution in [3.63, 3.8) is 0 Å². The van der Waals surface area contributed by atoms with Crippen molar-refractivity contribution in [2.75, 3.05) is 13.1 Å². The SMILES string of the molecule is NC1CCCN(C(=O)NC2CCCCCC2C(=O)O)C1. The number of piperidine rings is 1. The molecule has 3 unspecified atom stereocenters. The topological polar surface area (TPSA) is 95.7 Å². The summed E-state index contributed by atoms with van der Waals surface area (Å²) in [4.78, 5) is 25.3. The van der Waals surface area contributed by atoms with E-state index in [-0.39, 0.29) is 18.1 Å². The van der Waals surface area contributed by atoms with E-state index in [1.807, 2.05) is 0 Å². The second kappa shape index (κ2) is 6.92. The maximum atomic E-state index is 12.3. The van der Waals surface area contributed by atoms with Crippen LogP contribution in [0.1, 0.15) is 44.9 Å². The van der Waals surface area contributed by atoms with Crippen LogP contribution in [-0.4, -0.2) is 47.2 Å². The van der Waals surface area contributed by atoms with E-state index in [0.717, 1.165) is 38.5 Å². The molecule has 0 radical (unpaired) electrons. The molecule has 1 aliphatic heterocycles. The zero-order valence-corrected chi connectivity index (χ0v) is 11.9. The zero-order chi connectivity index (χ0) is 14.5. The van der Waals surface area contributed by atoms with Gasteiger partial charge in [0, 0.05) is 25.2 Å². The Labute approximate surface area is 119 Å². The van der Waals surface area contributed by atoms with Crippen LogP contribution in [0, 0.1) is 5.92 Å². The third kappa shape index (κ3) is 3.85. The minimum absolute atomic E-state index is 0.0407. The molecule has 1 saturated carbocycles. The number of nitrogens with two attached hydrogens (primary N) is 1. The van der Waals surface area contributed by atoms with Gasteiger partial charge in [-0.05, 0) is 25.7 Å². The number of carboxylic acids is 1. The predicted octanol–water partition coefficient (Wildman–Crippen LogP) is 1.15. The molecule has 6 nitrogen and oxygen atoms in total. The molecule has 1 aliphatic carbocycles. The van der Waals surface area contributed by atoms with Gasteiger partial charge in [0.25, 0.3) is 0 Å². The average molecular weight is 283 g/mol. The van der Waals surface area contributed by atoms with E-state index < -0.39 is 11.9 Å². The maximum Gasteiger partial charge on any atom is 0.317 e. The van der Waals surface area contributed by atoms with Crippen molar-refractivity contribution in [1.29, 1.82) is 0 Å². The summed E-state index contributed by atoms with van der Waals surface area (Å²) in [5.74, 6) is -1.26. The fourth-order valence-corrected chi connectivity index (χ4v) is 3.22. The molecule has 2 amide bonds. The van der Waals surface area contributed by atoms with Gasteiger partial charge < -0.3 is 21.1 Å². The van der Waals surface area contributed by atoms with Crippen LogP contribution in [-0.2, 0) is 4.79 Å². The van der Waals surface area contributed by atoms with Gasteiger partial charge >= 0.3 is 12.0 Å². The molecule has 1 heterocycles. The lowest BCUT2D eigenvalue weighted by atomic mass is 9.95. The predicted molar refractivity (Wildman–Crippen MR) is 75.3 cm³/mol. The van der Waals surface area contributed by atoms with Crippen molar-refractivity contribution in [3.8, 4) is 0 Å². The second-order valence-electron chi connectivity index (χ2n) is 5.99. The molecule has 3 atom stereocenters. The van der Waals surface area contributed by atoms with Gasteiger partial charge in [-0.15, -0.1) is 0 Å². The minimum Gasteiger partial charge on any atom is -0.481 e. The van der Waals surface area contributed by atoms with Gasteiger partial charge in [-0.2, -0.15) is 0 Å². The fraction of sp³-hybridized carbons (Fsp3) is 0.857. The van der Waals surface area contributed by atoms with Crippen molar-refractivity contribution in [2.24, 2.45) is 11.7 Å². The van der Waals surface area contributed by atoms with Crippen LogP contribution in [0.15, 0.2) is 0 Å². The largest absolute Gasteiger partial charge is 0.481 e. The van der Waals surface area contributed by atoms with E-state index in [1.165, 1.54) is 0 Å². The standard InChI is InChI=1S/C14H25N3O3/c15-10-5-4-8-17(9-10)14(20)16-12-7-3-1-2-6-11(12)13(18)19/h10-12H,1-9,15H2,(H,16,20)(H,18,19). The summed E-state index contributed by atoms with van der Waals surface area (Å²) in [6, 6.07) is -0.363.